The van der Waals surface area contributed by atoms with Crippen molar-refractivity contribution in [1.82, 2.24) is 0 Å². The van der Waals surface area contributed by atoms with E-state index in [0.717, 1.165) is 0 Å². The van der Waals surface area contributed by atoms with Crippen LogP contribution in [0.3, 0.4) is 0 Å². The van der Waals surface area contributed by atoms with Gasteiger partial charge in [-0.1, -0.05) is 18.2 Å². The standard InChI is InChI=1S/C10H9NO2/c1-7(12)10(13)6-11-9-5-3-2-4-8(9)10/h2-6,13H,1H3. The van der Waals surface area contributed by atoms with Crippen LogP contribution in [0.15, 0.2) is 29.3 Å². The van der Waals surface area contributed by atoms with Crippen LogP contribution in [0.4, 0.5) is 5.69 Å². The van der Waals surface area contributed by atoms with E-state index in [1.807, 2.05) is 6.07 Å². The molecule has 0 radical (unpaired) electrons. The average molecular weight is 175 g/mol. The predicted octanol–water partition coefficient (Wildman–Crippen LogP) is 1.18. The Labute approximate surface area is 75.7 Å². The van der Waals surface area contributed by atoms with Crippen LogP contribution in [0.2, 0.25) is 0 Å². The Morgan fingerprint density at radius 1 is 1.46 bits per heavy atom. The average Bonchev–Trinajstić information content (AvgIpc) is 2.47. The maximum Gasteiger partial charge on any atom is 0.185 e. The zero-order chi connectivity index (χ0) is 9.47. The number of benzene rings is 1. The lowest BCUT2D eigenvalue weighted by Crippen LogP contribution is -2.33. The monoisotopic (exact) mass is 175 g/mol. The molecule has 1 aromatic rings. The summed E-state index contributed by atoms with van der Waals surface area (Å²) < 4.78 is 0. The van der Waals surface area contributed by atoms with Crippen molar-refractivity contribution < 1.29 is 9.90 Å². The summed E-state index contributed by atoms with van der Waals surface area (Å²) in [6, 6.07) is 7.08. The van der Waals surface area contributed by atoms with Crippen molar-refractivity contribution in [2.75, 3.05) is 0 Å². The number of aliphatic imine (C=N–C) groups is 1. The summed E-state index contributed by atoms with van der Waals surface area (Å²) in [6.45, 7) is 1.36. The second-order valence-electron chi connectivity index (χ2n) is 3.10. The first kappa shape index (κ1) is 8.13. The molecule has 0 aromatic heterocycles. The van der Waals surface area contributed by atoms with Gasteiger partial charge in [-0.15, -0.1) is 0 Å². The molecule has 1 N–H and O–H groups in total. The summed E-state index contributed by atoms with van der Waals surface area (Å²) in [6.07, 6.45) is 1.29. The molecular weight excluding hydrogens is 166 g/mol. The van der Waals surface area contributed by atoms with Crippen molar-refractivity contribution in [3.05, 3.63) is 29.8 Å². The fourth-order valence-corrected chi connectivity index (χ4v) is 1.42. The minimum Gasteiger partial charge on any atom is -0.372 e. The molecule has 1 unspecified atom stereocenters. The van der Waals surface area contributed by atoms with Gasteiger partial charge in [0, 0.05) is 11.8 Å². The molecule has 3 nitrogen and oxygen atoms in total. The lowest BCUT2D eigenvalue weighted by Gasteiger charge is -2.16. The quantitative estimate of drug-likeness (QED) is 0.696. The summed E-state index contributed by atoms with van der Waals surface area (Å²) in [4.78, 5) is 15.2. The van der Waals surface area contributed by atoms with Crippen LogP contribution in [0, 0.1) is 0 Å². The molecule has 0 saturated carbocycles. The van der Waals surface area contributed by atoms with E-state index in [4.69, 9.17) is 0 Å². The van der Waals surface area contributed by atoms with Gasteiger partial charge in [-0.05, 0) is 13.0 Å². The van der Waals surface area contributed by atoms with Crippen LogP contribution in [-0.4, -0.2) is 17.1 Å². The predicted molar refractivity (Wildman–Crippen MR) is 49.2 cm³/mol. The summed E-state index contributed by atoms with van der Waals surface area (Å²) >= 11 is 0. The second kappa shape index (κ2) is 2.50. The lowest BCUT2D eigenvalue weighted by atomic mass is 9.92. The molecule has 0 amide bonds. The highest BCUT2D eigenvalue weighted by Crippen LogP contribution is 2.35. The van der Waals surface area contributed by atoms with E-state index in [0.29, 0.717) is 11.3 Å². The van der Waals surface area contributed by atoms with E-state index in [1.54, 1.807) is 18.2 Å². The molecule has 0 bridgehead atoms. The van der Waals surface area contributed by atoms with Crippen molar-refractivity contribution in [3.63, 3.8) is 0 Å². The van der Waals surface area contributed by atoms with Crippen molar-refractivity contribution >= 4 is 17.7 Å². The fourth-order valence-electron chi connectivity index (χ4n) is 1.42. The van der Waals surface area contributed by atoms with Gasteiger partial charge in [-0.25, -0.2) is 0 Å². The van der Waals surface area contributed by atoms with Crippen molar-refractivity contribution in [2.45, 2.75) is 12.5 Å². The first-order valence-electron chi connectivity index (χ1n) is 4.03. The van der Waals surface area contributed by atoms with Gasteiger partial charge in [-0.2, -0.15) is 0 Å². The highest BCUT2D eigenvalue weighted by molar-refractivity contribution is 6.06. The number of hydrogen-bond acceptors (Lipinski definition) is 3. The number of hydrogen-bond donors (Lipinski definition) is 1. The molecule has 1 aliphatic heterocycles. The summed E-state index contributed by atoms with van der Waals surface area (Å²) in [7, 11) is 0. The van der Waals surface area contributed by atoms with Gasteiger partial charge in [0.05, 0.1) is 5.69 Å². The molecule has 0 spiro atoms. The normalized spacial score (nSPS) is 24.5. The molecule has 66 valence electrons. The molecular formula is C10H9NO2. The summed E-state index contributed by atoms with van der Waals surface area (Å²) in [5, 5.41) is 9.92. The van der Waals surface area contributed by atoms with E-state index in [2.05, 4.69) is 4.99 Å². The van der Waals surface area contributed by atoms with Gasteiger partial charge in [0.15, 0.2) is 11.4 Å². The summed E-state index contributed by atoms with van der Waals surface area (Å²) in [5.74, 6) is -0.304. The van der Waals surface area contributed by atoms with E-state index < -0.39 is 5.60 Å². The number of carbonyl (C=O) groups excluding carboxylic acids is 1. The van der Waals surface area contributed by atoms with Gasteiger partial charge in [0.1, 0.15) is 0 Å². The Bertz CT molecular complexity index is 398. The third-order valence-electron chi connectivity index (χ3n) is 2.24. The van der Waals surface area contributed by atoms with Gasteiger partial charge in [-0.3, -0.25) is 9.79 Å². The van der Waals surface area contributed by atoms with E-state index in [1.165, 1.54) is 13.1 Å². The smallest absolute Gasteiger partial charge is 0.185 e. The molecule has 2 rings (SSSR count). The highest BCUT2D eigenvalue weighted by Gasteiger charge is 2.38. The topological polar surface area (TPSA) is 49.7 Å². The van der Waals surface area contributed by atoms with Gasteiger partial charge >= 0.3 is 0 Å². The SMILES string of the molecule is CC(=O)C1(O)C=Nc2ccccc21. The number of ketones is 1. The Morgan fingerprint density at radius 2 is 2.15 bits per heavy atom. The molecule has 1 heterocycles. The van der Waals surface area contributed by atoms with E-state index in [-0.39, 0.29) is 5.78 Å². The van der Waals surface area contributed by atoms with E-state index in [9.17, 15) is 9.90 Å². The minimum absolute atomic E-state index is 0.304. The second-order valence-corrected chi connectivity index (χ2v) is 3.10. The van der Waals surface area contributed by atoms with Crippen molar-refractivity contribution in [1.29, 1.82) is 0 Å². The number of para-hydroxylation sites is 1. The number of nitrogens with zero attached hydrogens (tertiary/aromatic N) is 1. The molecule has 0 saturated heterocycles. The van der Waals surface area contributed by atoms with Gasteiger partial charge in [0.2, 0.25) is 0 Å². The Kier molecular flexibility index (Phi) is 1.57. The van der Waals surface area contributed by atoms with Crippen LogP contribution in [0.5, 0.6) is 0 Å². The summed E-state index contributed by atoms with van der Waals surface area (Å²) in [5.41, 5.74) is -0.265. The molecule has 13 heavy (non-hydrogen) atoms. The number of rotatable bonds is 1. The molecule has 3 heteroatoms. The highest BCUT2D eigenvalue weighted by atomic mass is 16.3. The molecule has 1 atom stereocenters. The minimum atomic E-state index is -1.50. The maximum atomic E-state index is 11.2. The van der Waals surface area contributed by atoms with Crippen molar-refractivity contribution in [2.24, 2.45) is 4.99 Å². The first-order chi connectivity index (χ1) is 6.14. The van der Waals surface area contributed by atoms with Crippen LogP contribution >= 0.6 is 0 Å². The number of fused-ring (bicyclic) bond motifs is 1. The van der Waals surface area contributed by atoms with Gasteiger partial charge < -0.3 is 5.11 Å². The fraction of sp³-hybridized carbons (Fsp3) is 0.200. The molecule has 1 aromatic carbocycles. The van der Waals surface area contributed by atoms with Crippen LogP contribution in [-0.2, 0) is 10.4 Å². The van der Waals surface area contributed by atoms with E-state index >= 15 is 0 Å². The Balaban J connectivity index is 2.61. The molecule has 1 aliphatic rings. The van der Waals surface area contributed by atoms with Crippen LogP contribution in [0.1, 0.15) is 12.5 Å². The first-order valence-corrected chi connectivity index (χ1v) is 4.03. The number of carbonyl (C=O) groups is 1. The lowest BCUT2D eigenvalue weighted by molar-refractivity contribution is -0.129. The Morgan fingerprint density at radius 3 is 2.85 bits per heavy atom. The Hall–Kier alpha value is -1.48. The molecule has 0 fully saturated rings. The maximum absolute atomic E-state index is 11.2. The molecule has 0 aliphatic carbocycles. The number of aliphatic hydroxyl groups is 1. The third-order valence-corrected chi connectivity index (χ3v) is 2.24. The van der Waals surface area contributed by atoms with Crippen LogP contribution < -0.4 is 0 Å². The van der Waals surface area contributed by atoms with Crippen molar-refractivity contribution in [3.8, 4) is 0 Å². The number of Topliss-reactive ketones (excluding diaryl/α,β-unsaturated/α-hetero) is 1. The van der Waals surface area contributed by atoms with Gasteiger partial charge in [0.25, 0.3) is 0 Å². The van der Waals surface area contributed by atoms with Crippen LogP contribution in [0.25, 0.3) is 0 Å². The zero-order valence-electron chi connectivity index (χ0n) is 7.19. The zero-order valence-corrected chi connectivity index (χ0v) is 7.19. The largest absolute Gasteiger partial charge is 0.372 e. The third kappa shape index (κ3) is 1.01.